The fourth-order valence-electron chi connectivity index (χ4n) is 1.11. The molecule has 0 aromatic carbocycles. The molecule has 6 heteroatoms. The van der Waals surface area contributed by atoms with Gasteiger partial charge in [0.2, 0.25) is 6.10 Å². The van der Waals surface area contributed by atoms with Crippen LogP contribution in [0.25, 0.3) is 0 Å². The normalized spacial score (nSPS) is 25.9. The van der Waals surface area contributed by atoms with Crippen molar-refractivity contribution in [2.45, 2.75) is 32.1 Å². The first-order chi connectivity index (χ1) is 6.54. The van der Waals surface area contributed by atoms with E-state index < -0.39 is 24.2 Å². The summed E-state index contributed by atoms with van der Waals surface area (Å²) in [5, 5.41) is 11.1. The van der Waals surface area contributed by atoms with Crippen LogP contribution >= 0.6 is 0 Å². The number of hydrogen-bond acceptors (Lipinski definition) is 5. The van der Waals surface area contributed by atoms with Crippen LogP contribution in [0.3, 0.4) is 0 Å². The van der Waals surface area contributed by atoms with E-state index in [1.165, 1.54) is 0 Å². The van der Waals surface area contributed by atoms with Crippen LogP contribution in [0, 0.1) is 0 Å². The predicted octanol–water partition coefficient (Wildman–Crippen LogP) is -0.593. The van der Waals surface area contributed by atoms with E-state index in [9.17, 15) is 9.59 Å². The van der Waals surface area contributed by atoms with Crippen LogP contribution in [0.5, 0.6) is 0 Å². The number of esters is 1. The molecular formula is C8H13NO5. The van der Waals surface area contributed by atoms with Crippen molar-refractivity contribution in [2.24, 2.45) is 0 Å². The van der Waals surface area contributed by atoms with Crippen molar-refractivity contribution >= 4 is 12.1 Å². The highest BCUT2D eigenvalue weighted by Gasteiger charge is 2.40. The molecule has 1 heterocycles. The van der Waals surface area contributed by atoms with E-state index in [4.69, 9.17) is 9.84 Å². The van der Waals surface area contributed by atoms with Gasteiger partial charge >= 0.3 is 12.1 Å². The fraction of sp³-hybridized carbons (Fsp3) is 0.750. The third kappa shape index (κ3) is 2.35. The standard InChI is InChI=1S/C8H13NO5/c1-4(2)13-7(11)6-5(3-10)9-8(12)14-6/h4-6,10H,3H2,1-2H3,(H,9,12)/t5-,6+/m0/s1. The highest BCUT2D eigenvalue weighted by atomic mass is 16.6. The molecule has 0 aromatic heterocycles. The van der Waals surface area contributed by atoms with Crippen LogP contribution in [-0.4, -0.2) is 42.0 Å². The zero-order valence-electron chi connectivity index (χ0n) is 8.02. The molecule has 1 aliphatic heterocycles. The summed E-state index contributed by atoms with van der Waals surface area (Å²) in [6.45, 7) is 3.02. The minimum Gasteiger partial charge on any atom is -0.460 e. The lowest BCUT2D eigenvalue weighted by atomic mass is 10.2. The van der Waals surface area contributed by atoms with Crippen molar-refractivity contribution in [3.63, 3.8) is 0 Å². The van der Waals surface area contributed by atoms with E-state index in [1.54, 1.807) is 13.8 Å². The highest BCUT2D eigenvalue weighted by molar-refractivity contribution is 5.83. The second kappa shape index (κ2) is 4.28. The second-order valence-electron chi connectivity index (χ2n) is 3.24. The van der Waals surface area contributed by atoms with Gasteiger partial charge in [-0.15, -0.1) is 0 Å². The molecule has 0 aliphatic carbocycles. The molecule has 1 saturated heterocycles. The van der Waals surface area contributed by atoms with Gasteiger partial charge in [-0.25, -0.2) is 9.59 Å². The molecule has 0 aromatic rings. The first-order valence-electron chi connectivity index (χ1n) is 4.33. The summed E-state index contributed by atoms with van der Waals surface area (Å²) in [6.07, 6.45) is -2.04. The first-order valence-corrected chi connectivity index (χ1v) is 4.33. The number of cyclic esters (lactones) is 1. The number of ether oxygens (including phenoxy) is 2. The van der Waals surface area contributed by atoms with Gasteiger partial charge in [0.05, 0.1) is 12.7 Å². The van der Waals surface area contributed by atoms with Crippen LogP contribution in [-0.2, 0) is 14.3 Å². The van der Waals surface area contributed by atoms with Gasteiger partial charge < -0.3 is 19.9 Å². The van der Waals surface area contributed by atoms with Crippen molar-refractivity contribution in [1.29, 1.82) is 0 Å². The summed E-state index contributed by atoms with van der Waals surface area (Å²) in [5.74, 6) is -0.641. The number of carbonyl (C=O) groups excluding carboxylic acids is 2. The lowest BCUT2D eigenvalue weighted by molar-refractivity contribution is -0.157. The van der Waals surface area contributed by atoms with Crippen LogP contribution < -0.4 is 5.32 Å². The van der Waals surface area contributed by atoms with Crippen molar-refractivity contribution in [3.8, 4) is 0 Å². The molecule has 1 rings (SSSR count). The molecule has 0 spiro atoms. The zero-order valence-corrected chi connectivity index (χ0v) is 8.02. The van der Waals surface area contributed by atoms with Gasteiger partial charge in [-0.1, -0.05) is 0 Å². The lowest BCUT2D eigenvalue weighted by Crippen LogP contribution is -2.41. The van der Waals surface area contributed by atoms with Crippen molar-refractivity contribution in [3.05, 3.63) is 0 Å². The highest BCUT2D eigenvalue weighted by Crippen LogP contribution is 2.11. The Morgan fingerprint density at radius 3 is 2.86 bits per heavy atom. The number of nitrogens with one attached hydrogen (secondary N) is 1. The number of amides is 1. The Labute approximate surface area is 81.2 Å². The number of aliphatic hydroxyl groups excluding tert-OH is 1. The third-order valence-corrected chi connectivity index (χ3v) is 1.68. The van der Waals surface area contributed by atoms with Gasteiger partial charge in [-0.05, 0) is 13.8 Å². The summed E-state index contributed by atoms with van der Waals surface area (Å²) in [5.41, 5.74) is 0. The molecule has 1 aliphatic rings. The molecule has 1 fully saturated rings. The summed E-state index contributed by atoms with van der Waals surface area (Å²) in [7, 11) is 0. The minimum atomic E-state index is -1.05. The first kappa shape index (κ1) is 10.8. The van der Waals surface area contributed by atoms with Crippen molar-refractivity contribution in [1.82, 2.24) is 5.32 Å². The molecule has 1 amide bonds. The smallest absolute Gasteiger partial charge is 0.408 e. The summed E-state index contributed by atoms with van der Waals surface area (Å²) in [6, 6.07) is -0.714. The Hall–Kier alpha value is -1.30. The Kier molecular flexibility index (Phi) is 3.29. The van der Waals surface area contributed by atoms with E-state index in [-0.39, 0.29) is 12.7 Å². The molecule has 2 atom stereocenters. The number of aliphatic hydroxyl groups is 1. The predicted molar refractivity (Wildman–Crippen MR) is 45.5 cm³/mol. The van der Waals surface area contributed by atoms with E-state index in [1.807, 2.05) is 0 Å². The number of rotatable bonds is 3. The molecule has 80 valence electrons. The molecule has 2 N–H and O–H groups in total. The zero-order chi connectivity index (χ0) is 10.7. The number of hydrogen-bond donors (Lipinski definition) is 2. The molecule has 14 heavy (non-hydrogen) atoms. The van der Waals surface area contributed by atoms with E-state index in [2.05, 4.69) is 10.1 Å². The van der Waals surface area contributed by atoms with Crippen LogP contribution in [0.1, 0.15) is 13.8 Å². The van der Waals surface area contributed by atoms with Crippen LogP contribution in [0.2, 0.25) is 0 Å². The Morgan fingerprint density at radius 1 is 1.71 bits per heavy atom. The average molecular weight is 203 g/mol. The van der Waals surface area contributed by atoms with E-state index in [0.29, 0.717) is 0 Å². The van der Waals surface area contributed by atoms with Gasteiger partial charge in [0, 0.05) is 0 Å². The summed E-state index contributed by atoms with van der Waals surface area (Å²) < 4.78 is 9.49. The SMILES string of the molecule is CC(C)OC(=O)[C@@H]1OC(=O)N[C@H]1CO. The lowest BCUT2D eigenvalue weighted by Gasteiger charge is -2.15. The number of alkyl carbamates (subject to hydrolysis) is 1. The van der Waals surface area contributed by atoms with Gasteiger partial charge in [0.1, 0.15) is 6.04 Å². The molecule has 0 bridgehead atoms. The summed E-state index contributed by atoms with van der Waals surface area (Å²) >= 11 is 0. The van der Waals surface area contributed by atoms with E-state index in [0.717, 1.165) is 0 Å². The molecule has 0 saturated carbocycles. The number of carbonyl (C=O) groups is 2. The Bertz CT molecular complexity index is 240. The maximum atomic E-state index is 11.3. The third-order valence-electron chi connectivity index (χ3n) is 1.68. The second-order valence-corrected chi connectivity index (χ2v) is 3.24. The fourth-order valence-corrected chi connectivity index (χ4v) is 1.11. The molecular weight excluding hydrogens is 190 g/mol. The van der Waals surface area contributed by atoms with Crippen molar-refractivity contribution in [2.75, 3.05) is 6.61 Å². The molecule has 0 unspecified atom stereocenters. The largest absolute Gasteiger partial charge is 0.460 e. The van der Waals surface area contributed by atoms with Crippen LogP contribution in [0.4, 0.5) is 4.79 Å². The van der Waals surface area contributed by atoms with Gasteiger partial charge in [-0.3, -0.25) is 0 Å². The Balaban J connectivity index is 2.57. The maximum Gasteiger partial charge on any atom is 0.408 e. The minimum absolute atomic E-state index is 0.277. The van der Waals surface area contributed by atoms with Gasteiger partial charge in [0.15, 0.2) is 0 Å². The summed E-state index contributed by atoms with van der Waals surface area (Å²) in [4.78, 5) is 22.1. The Morgan fingerprint density at radius 2 is 2.36 bits per heavy atom. The molecule has 0 radical (unpaired) electrons. The van der Waals surface area contributed by atoms with Gasteiger partial charge in [0.25, 0.3) is 0 Å². The quantitative estimate of drug-likeness (QED) is 0.599. The van der Waals surface area contributed by atoms with E-state index >= 15 is 0 Å². The monoisotopic (exact) mass is 203 g/mol. The van der Waals surface area contributed by atoms with Crippen molar-refractivity contribution < 1.29 is 24.2 Å². The topological polar surface area (TPSA) is 84.9 Å². The average Bonchev–Trinajstić information content (AvgIpc) is 2.45. The molecule has 6 nitrogen and oxygen atoms in total. The van der Waals surface area contributed by atoms with Crippen LogP contribution in [0.15, 0.2) is 0 Å². The van der Waals surface area contributed by atoms with Gasteiger partial charge in [-0.2, -0.15) is 0 Å². The maximum absolute atomic E-state index is 11.3.